The van der Waals surface area contributed by atoms with E-state index in [-0.39, 0.29) is 17.5 Å². The number of hydrogen-bond acceptors (Lipinski definition) is 1. The number of benzene rings is 3. The molecule has 0 N–H and O–H groups in total. The van der Waals surface area contributed by atoms with Crippen molar-refractivity contribution in [1.82, 2.24) is 0 Å². The zero-order valence-corrected chi connectivity index (χ0v) is 22.2. The van der Waals surface area contributed by atoms with Crippen LogP contribution in [-0.4, -0.2) is 14.8 Å². The van der Waals surface area contributed by atoms with Gasteiger partial charge in [0.25, 0.3) is 0 Å². The van der Waals surface area contributed by atoms with Crippen LogP contribution in [0.2, 0.25) is 13.1 Å². The molecule has 0 spiro atoms. The lowest BCUT2D eigenvalue weighted by Gasteiger charge is -2.37. The van der Waals surface area contributed by atoms with E-state index in [0.29, 0.717) is 0 Å². The Bertz CT molecular complexity index is 1460. The van der Waals surface area contributed by atoms with Gasteiger partial charge in [-0.25, -0.2) is 0 Å². The van der Waals surface area contributed by atoms with Crippen LogP contribution in [0.5, 0.6) is 0 Å². The Labute approximate surface area is 199 Å². The van der Waals surface area contributed by atoms with Gasteiger partial charge in [-0.1, -0.05) is 118 Å². The number of rotatable bonds is 0. The van der Waals surface area contributed by atoms with Crippen molar-refractivity contribution < 1.29 is 4.42 Å². The second-order valence-corrected chi connectivity index (χ2v) is 17.0. The van der Waals surface area contributed by atoms with Gasteiger partial charge in [-0.15, -0.1) is 0 Å². The Morgan fingerprint density at radius 3 is 2.12 bits per heavy atom. The molecular weight excluding hydrogens is 415 g/mol. The number of furan rings is 1. The van der Waals surface area contributed by atoms with Gasteiger partial charge in [0.05, 0.1) is 0 Å². The first kappa shape index (κ1) is 21.0. The maximum Gasteiger partial charge on any atom is 0.247 e. The SMILES string of the molecule is CC(C)(C)c1cc2c3c(c1)[Si](C)(C)c1ccccc1B3c1c-2oc2cc(C(C)(C)C)ccc12. The maximum atomic E-state index is 6.75. The quantitative estimate of drug-likeness (QED) is 0.314. The standard InChI is InChI=1S/C30H33BOSi/c1-29(2,3)18-13-14-20-23(16-18)32-28-21-15-19(30(4,5)6)17-25-26(21)31(27(20)28)22-11-9-10-12-24(22)33(25,7)8/h9-17H,1-8H3. The van der Waals surface area contributed by atoms with Crippen LogP contribution in [0.1, 0.15) is 52.7 Å². The van der Waals surface area contributed by atoms with Crippen molar-refractivity contribution >= 4 is 52.5 Å². The van der Waals surface area contributed by atoms with Crippen LogP contribution < -0.4 is 26.8 Å². The largest absolute Gasteiger partial charge is 0.457 e. The minimum Gasteiger partial charge on any atom is -0.457 e. The predicted octanol–water partition coefficient (Wildman–Crippen LogP) is 4.66. The van der Waals surface area contributed by atoms with Crippen molar-refractivity contribution in [2.75, 3.05) is 0 Å². The van der Waals surface area contributed by atoms with Gasteiger partial charge in [-0.2, -0.15) is 0 Å². The Morgan fingerprint density at radius 2 is 1.42 bits per heavy atom. The number of fused-ring (bicyclic) bond motifs is 7. The first-order valence-electron chi connectivity index (χ1n) is 12.2. The minimum atomic E-state index is -1.83. The Kier molecular flexibility index (Phi) is 4.03. The molecule has 2 aliphatic rings. The highest BCUT2D eigenvalue weighted by molar-refractivity contribution is 7.15. The van der Waals surface area contributed by atoms with E-state index in [9.17, 15) is 0 Å². The van der Waals surface area contributed by atoms with Crippen LogP contribution >= 0.6 is 0 Å². The highest BCUT2D eigenvalue weighted by Gasteiger charge is 2.49. The van der Waals surface area contributed by atoms with Gasteiger partial charge in [0.1, 0.15) is 19.4 Å². The fraction of sp³-hybridized carbons (Fsp3) is 0.333. The third-order valence-corrected chi connectivity index (χ3v) is 11.6. The first-order valence-corrected chi connectivity index (χ1v) is 15.2. The highest BCUT2D eigenvalue weighted by atomic mass is 28.3. The number of hydrogen-bond donors (Lipinski definition) is 0. The predicted molar refractivity (Wildman–Crippen MR) is 147 cm³/mol. The Morgan fingerprint density at radius 1 is 0.727 bits per heavy atom. The van der Waals surface area contributed by atoms with Gasteiger partial charge in [0, 0.05) is 10.9 Å². The summed E-state index contributed by atoms with van der Waals surface area (Å²) >= 11 is 0. The van der Waals surface area contributed by atoms with Gasteiger partial charge in [-0.05, 0) is 39.6 Å². The molecule has 0 saturated carbocycles. The fourth-order valence-electron chi connectivity index (χ4n) is 6.09. The second-order valence-electron chi connectivity index (χ2n) is 12.7. The molecule has 4 aromatic rings. The van der Waals surface area contributed by atoms with Gasteiger partial charge in [0.2, 0.25) is 6.71 Å². The van der Waals surface area contributed by atoms with Crippen molar-refractivity contribution in [1.29, 1.82) is 0 Å². The summed E-state index contributed by atoms with van der Waals surface area (Å²) in [6, 6.07) is 21.1. The normalized spacial score (nSPS) is 16.1. The maximum absolute atomic E-state index is 6.75. The summed E-state index contributed by atoms with van der Waals surface area (Å²) in [5.74, 6) is 1.10. The molecule has 2 aliphatic heterocycles. The average molecular weight is 448 g/mol. The molecule has 0 radical (unpaired) electrons. The summed E-state index contributed by atoms with van der Waals surface area (Å²) in [6.45, 7) is 19.1. The molecule has 3 heterocycles. The van der Waals surface area contributed by atoms with Crippen LogP contribution in [-0.2, 0) is 10.8 Å². The lowest BCUT2D eigenvalue weighted by molar-refractivity contribution is 0.584. The average Bonchev–Trinajstić information content (AvgIpc) is 3.25. The molecule has 0 atom stereocenters. The van der Waals surface area contributed by atoms with Crippen molar-refractivity contribution in [2.24, 2.45) is 0 Å². The molecule has 0 fully saturated rings. The van der Waals surface area contributed by atoms with Crippen molar-refractivity contribution in [2.45, 2.75) is 65.5 Å². The fourth-order valence-corrected chi connectivity index (χ4v) is 9.31. The van der Waals surface area contributed by atoms with Crippen molar-refractivity contribution in [3.8, 4) is 11.3 Å². The second kappa shape index (κ2) is 6.33. The smallest absolute Gasteiger partial charge is 0.247 e. The van der Waals surface area contributed by atoms with Crippen molar-refractivity contribution in [3.63, 3.8) is 0 Å². The molecule has 0 aliphatic carbocycles. The molecule has 6 rings (SSSR count). The molecule has 0 unspecified atom stereocenters. The lowest BCUT2D eigenvalue weighted by atomic mass is 9.38. The molecule has 166 valence electrons. The summed E-state index contributed by atoms with van der Waals surface area (Å²) in [5.41, 5.74) is 9.69. The molecule has 0 bridgehead atoms. The van der Waals surface area contributed by atoms with Crippen LogP contribution in [0.4, 0.5) is 0 Å². The van der Waals surface area contributed by atoms with E-state index < -0.39 is 8.07 Å². The van der Waals surface area contributed by atoms with E-state index in [1.54, 1.807) is 10.4 Å². The first-order chi connectivity index (χ1) is 15.4. The topological polar surface area (TPSA) is 13.1 Å². The van der Waals surface area contributed by atoms with E-state index >= 15 is 0 Å². The van der Waals surface area contributed by atoms with Gasteiger partial charge < -0.3 is 4.42 Å². The van der Waals surface area contributed by atoms with E-state index in [1.807, 2.05) is 0 Å². The van der Waals surface area contributed by atoms with E-state index in [4.69, 9.17) is 4.42 Å². The van der Waals surface area contributed by atoms with Crippen molar-refractivity contribution in [3.05, 3.63) is 65.7 Å². The van der Waals surface area contributed by atoms with Crippen LogP contribution in [0, 0.1) is 0 Å². The zero-order chi connectivity index (χ0) is 23.5. The van der Waals surface area contributed by atoms with Gasteiger partial charge >= 0.3 is 0 Å². The van der Waals surface area contributed by atoms with E-state index in [1.165, 1.54) is 38.5 Å². The molecule has 0 amide bonds. The third kappa shape index (κ3) is 2.78. The van der Waals surface area contributed by atoms with Crippen LogP contribution in [0.25, 0.3) is 22.3 Å². The van der Waals surface area contributed by atoms with E-state index in [2.05, 4.69) is 109 Å². The molecule has 3 aromatic carbocycles. The van der Waals surface area contributed by atoms with Crippen LogP contribution in [0.15, 0.2) is 59.0 Å². The Hall–Kier alpha value is -2.52. The molecule has 1 nitrogen and oxygen atoms in total. The van der Waals surface area contributed by atoms with Gasteiger partial charge in [-0.3, -0.25) is 0 Å². The minimum absolute atomic E-state index is 0.0939. The highest BCUT2D eigenvalue weighted by Crippen LogP contribution is 2.36. The van der Waals surface area contributed by atoms with Crippen LogP contribution in [0.3, 0.4) is 0 Å². The summed E-state index contributed by atoms with van der Waals surface area (Å²) in [5, 5.41) is 4.45. The summed E-state index contributed by atoms with van der Waals surface area (Å²) in [7, 11) is -1.83. The monoisotopic (exact) mass is 448 g/mol. The van der Waals surface area contributed by atoms with E-state index in [0.717, 1.165) is 11.3 Å². The third-order valence-electron chi connectivity index (χ3n) is 8.08. The molecular formula is C30H33BOSi. The summed E-state index contributed by atoms with van der Waals surface area (Å²) < 4.78 is 6.75. The molecule has 1 aromatic heterocycles. The lowest BCUT2D eigenvalue weighted by Crippen LogP contribution is -2.75. The Balaban J connectivity index is 1.74. The summed E-state index contributed by atoms with van der Waals surface area (Å²) in [4.78, 5) is 0. The zero-order valence-electron chi connectivity index (χ0n) is 21.2. The molecule has 33 heavy (non-hydrogen) atoms. The molecule has 3 heteroatoms. The van der Waals surface area contributed by atoms with Gasteiger partial charge in [0.15, 0.2) is 0 Å². The molecule has 0 saturated heterocycles. The summed E-state index contributed by atoms with van der Waals surface area (Å²) in [6.07, 6.45) is 0.